The average molecular weight is 353 g/mol. The van der Waals surface area contributed by atoms with Crippen LogP contribution in [0.15, 0.2) is 35.2 Å². The fourth-order valence-corrected chi connectivity index (χ4v) is 4.87. The molecule has 0 saturated carbocycles. The highest BCUT2D eigenvalue weighted by atomic mass is 32.2. The molecule has 1 aliphatic heterocycles. The summed E-state index contributed by atoms with van der Waals surface area (Å²) in [6.45, 7) is 7.34. The summed E-state index contributed by atoms with van der Waals surface area (Å²) in [5, 5.41) is -1.25. The lowest BCUT2D eigenvalue weighted by atomic mass is 9.90. The van der Waals surface area contributed by atoms with Crippen LogP contribution >= 0.6 is 0 Å². The van der Waals surface area contributed by atoms with Gasteiger partial charge in [0.2, 0.25) is 5.91 Å². The van der Waals surface area contributed by atoms with Gasteiger partial charge in [-0.05, 0) is 39.8 Å². The number of carbonyl (C=O) groups is 2. The molecule has 0 spiro atoms. The Morgan fingerprint density at radius 1 is 1.21 bits per heavy atom. The molecule has 0 N–H and O–H groups in total. The van der Waals surface area contributed by atoms with Crippen molar-refractivity contribution < 1.29 is 22.7 Å². The number of rotatable bonds is 5. The molecule has 1 aromatic rings. The number of hydrogen-bond donors (Lipinski definition) is 0. The number of β-lactam (4-membered cyclic amide) rings is 1. The largest absolute Gasteiger partial charge is 0.466 e. The minimum absolute atomic E-state index is 0.0887. The van der Waals surface area contributed by atoms with Gasteiger partial charge in [-0.25, -0.2) is 8.42 Å². The second-order valence-electron chi connectivity index (χ2n) is 6.73. The van der Waals surface area contributed by atoms with Crippen LogP contribution in [0.25, 0.3) is 0 Å². The van der Waals surface area contributed by atoms with E-state index in [9.17, 15) is 18.0 Å². The Morgan fingerprint density at radius 2 is 1.79 bits per heavy atom. The Labute approximate surface area is 142 Å². The van der Waals surface area contributed by atoms with E-state index < -0.39 is 38.5 Å². The summed E-state index contributed by atoms with van der Waals surface area (Å²) in [6.07, 6.45) is -0.131. The fraction of sp³-hybridized carbons (Fsp3) is 0.529. The summed E-state index contributed by atoms with van der Waals surface area (Å²) in [7, 11) is -3.85. The van der Waals surface area contributed by atoms with Crippen LogP contribution in [0.3, 0.4) is 0 Å². The fourth-order valence-electron chi connectivity index (χ4n) is 3.03. The summed E-state index contributed by atoms with van der Waals surface area (Å²) < 4.78 is 30.6. The first-order valence-corrected chi connectivity index (χ1v) is 9.43. The van der Waals surface area contributed by atoms with Crippen molar-refractivity contribution in [3.63, 3.8) is 0 Å². The van der Waals surface area contributed by atoms with Crippen molar-refractivity contribution in [2.24, 2.45) is 0 Å². The van der Waals surface area contributed by atoms with E-state index in [4.69, 9.17) is 4.74 Å². The van der Waals surface area contributed by atoms with Crippen molar-refractivity contribution in [2.45, 2.75) is 55.8 Å². The second-order valence-corrected chi connectivity index (χ2v) is 8.80. The number of benzene rings is 1. The van der Waals surface area contributed by atoms with Crippen LogP contribution in [0.4, 0.5) is 0 Å². The van der Waals surface area contributed by atoms with Gasteiger partial charge in [0, 0.05) is 5.54 Å². The quantitative estimate of drug-likeness (QED) is 0.595. The summed E-state index contributed by atoms with van der Waals surface area (Å²) in [5.41, 5.74) is -0.572. The Hall–Kier alpha value is -1.89. The van der Waals surface area contributed by atoms with E-state index in [2.05, 4.69) is 0 Å². The van der Waals surface area contributed by atoms with Crippen LogP contribution < -0.4 is 0 Å². The molecule has 0 aliphatic carbocycles. The maximum atomic E-state index is 12.8. The van der Waals surface area contributed by atoms with Gasteiger partial charge in [0.25, 0.3) is 0 Å². The molecular formula is C17H23NO5S. The van der Waals surface area contributed by atoms with Gasteiger partial charge in [-0.3, -0.25) is 9.59 Å². The SMILES string of the molecule is CCOC(=O)C[C@H]1[C@@H](S(=O)(=O)c2ccccc2)C(=O)N1C(C)(C)C. The molecule has 2 atom stereocenters. The van der Waals surface area contributed by atoms with Crippen molar-refractivity contribution in [1.82, 2.24) is 4.90 Å². The maximum Gasteiger partial charge on any atom is 0.307 e. The second kappa shape index (κ2) is 6.55. The number of hydrogen-bond acceptors (Lipinski definition) is 5. The maximum absolute atomic E-state index is 12.8. The molecule has 7 heteroatoms. The van der Waals surface area contributed by atoms with Crippen molar-refractivity contribution >= 4 is 21.7 Å². The number of sulfone groups is 1. The third-order valence-corrected chi connectivity index (χ3v) is 6.09. The number of nitrogens with zero attached hydrogens (tertiary/aromatic N) is 1. The minimum atomic E-state index is -3.85. The Kier molecular flexibility index (Phi) is 5.03. The normalized spacial score (nSPS) is 21.3. The lowest BCUT2D eigenvalue weighted by molar-refractivity contribution is -0.158. The molecule has 24 heavy (non-hydrogen) atoms. The van der Waals surface area contributed by atoms with Gasteiger partial charge in [-0.15, -0.1) is 0 Å². The first-order chi connectivity index (χ1) is 11.1. The van der Waals surface area contributed by atoms with Gasteiger partial charge < -0.3 is 9.64 Å². The highest BCUT2D eigenvalue weighted by Crippen LogP contribution is 2.38. The molecule has 132 valence electrons. The molecule has 1 saturated heterocycles. The number of carbonyl (C=O) groups excluding carboxylic acids is 2. The van der Waals surface area contributed by atoms with Crippen LogP contribution in [0.5, 0.6) is 0 Å². The third-order valence-electron chi connectivity index (χ3n) is 3.97. The van der Waals surface area contributed by atoms with Crippen molar-refractivity contribution in [3.8, 4) is 0 Å². The van der Waals surface area contributed by atoms with Crippen LogP contribution in [-0.4, -0.2) is 48.6 Å². The zero-order valence-corrected chi connectivity index (χ0v) is 15.2. The number of esters is 1. The predicted octanol–water partition coefficient (Wildman–Crippen LogP) is 1.79. The molecule has 2 rings (SSSR count). The van der Waals surface area contributed by atoms with Crippen molar-refractivity contribution in [2.75, 3.05) is 6.61 Å². The van der Waals surface area contributed by atoms with Crippen LogP contribution in [0.1, 0.15) is 34.1 Å². The summed E-state index contributed by atoms with van der Waals surface area (Å²) in [6, 6.07) is 7.13. The van der Waals surface area contributed by atoms with Crippen LogP contribution in [-0.2, 0) is 24.2 Å². The molecule has 0 radical (unpaired) electrons. The Balaban J connectivity index is 2.37. The zero-order chi connectivity index (χ0) is 18.1. The predicted molar refractivity (Wildman–Crippen MR) is 89.1 cm³/mol. The van der Waals surface area contributed by atoms with Gasteiger partial charge >= 0.3 is 5.97 Å². The molecular weight excluding hydrogens is 330 g/mol. The van der Waals surface area contributed by atoms with E-state index in [1.165, 1.54) is 17.0 Å². The van der Waals surface area contributed by atoms with E-state index in [1.807, 2.05) is 20.8 Å². The molecule has 1 aromatic carbocycles. The average Bonchev–Trinajstić information content (AvgIpc) is 2.46. The van der Waals surface area contributed by atoms with Crippen molar-refractivity contribution in [1.29, 1.82) is 0 Å². The van der Waals surface area contributed by atoms with E-state index >= 15 is 0 Å². The molecule has 0 aromatic heterocycles. The standard InChI is InChI=1S/C17H23NO5S/c1-5-23-14(19)11-13-15(16(20)18(13)17(2,3)4)24(21,22)12-9-7-6-8-10-12/h6-10,13,15H,5,11H2,1-4H3/t13-,15+/m0/s1. The lowest BCUT2D eigenvalue weighted by Crippen LogP contribution is -2.72. The van der Waals surface area contributed by atoms with Crippen molar-refractivity contribution in [3.05, 3.63) is 30.3 Å². The topological polar surface area (TPSA) is 80.8 Å². The number of ether oxygens (including phenoxy) is 1. The summed E-state index contributed by atoms with van der Waals surface area (Å²) in [4.78, 5) is 26.0. The first-order valence-electron chi connectivity index (χ1n) is 7.88. The van der Waals surface area contributed by atoms with E-state index in [-0.39, 0.29) is 17.9 Å². The molecule has 6 nitrogen and oxygen atoms in total. The molecule has 1 aliphatic rings. The van der Waals surface area contributed by atoms with Crippen LogP contribution in [0.2, 0.25) is 0 Å². The minimum Gasteiger partial charge on any atom is -0.466 e. The Bertz CT molecular complexity index is 721. The molecule has 0 bridgehead atoms. The highest BCUT2D eigenvalue weighted by Gasteiger charge is 2.58. The molecule has 0 unspecified atom stereocenters. The third kappa shape index (κ3) is 3.31. The number of likely N-dealkylation sites (tertiary alicyclic amines) is 1. The molecule has 1 amide bonds. The monoisotopic (exact) mass is 353 g/mol. The lowest BCUT2D eigenvalue weighted by Gasteiger charge is -2.52. The van der Waals surface area contributed by atoms with Gasteiger partial charge in [0.05, 0.1) is 24.0 Å². The summed E-state index contributed by atoms with van der Waals surface area (Å²) >= 11 is 0. The summed E-state index contributed by atoms with van der Waals surface area (Å²) in [5.74, 6) is -0.974. The van der Waals surface area contributed by atoms with Gasteiger partial charge in [-0.2, -0.15) is 0 Å². The van der Waals surface area contributed by atoms with Gasteiger partial charge in [0.1, 0.15) is 0 Å². The first kappa shape index (κ1) is 18.4. The van der Waals surface area contributed by atoms with E-state index in [0.717, 1.165) is 0 Å². The van der Waals surface area contributed by atoms with Crippen LogP contribution in [0, 0.1) is 0 Å². The Morgan fingerprint density at radius 3 is 2.29 bits per heavy atom. The van der Waals surface area contributed by atoms with Gasteiger partial charge in [-0.1, -0.05) is 18.2 Å². The number of amides is 1. The zero-order valence-electron chi connectivity index (χ0n) is 14.4. The highest BCUT2D eigenvalue weighted by molar-refractivity contribution is 7.93. The molecule has 1 heterocycles. The molecule has 1 fully saturated rings. The van der Waals surface area contributed by atoms with E-state index in [1.54, 1.807) is 25.1 Å². The van der Waals surface area contributed by atoms with E-state index in [0.29, 0.717) is 0 Å². The smallest absolute Gasteiger partial charge is 0.307 e. The van der Waals surface area contributed by atoms with Gasteiger partial charge in [0.15, 0.2) is 15.1 Å².